The molecule has 28 heavy (non-hydrogen) atoms. The number of hydrogen-bond donors (Lipinski definition) is 0. The van der Waals surface area contributed by atoms with Crippen molar-refractivity contribution in [1.82, 2.24) is 0 Å². The molecule has 0 atom stereocenters. The van der Waals surface area contributed by atoms with Crippen LogP contribution in [0.15, 0.2) is 49.8 Å². The number of benzene rings is 3. The van der Waals surface area contributed by atoms with Crippen molar-refractivity contribution in [1.29, 1.82) is 0 Å². The number of hydrogen-bond acceptors (Lipinski definition) is 0. The van der Waals surface area contributed by atoms with Gasteiger partial charge in [-0.05, 0) is 135 Å². The Kier molecular flexibility index (Phi) is 6.92. The molecule has 146 valence electrons. The third kappa shape index (κ3) is 4.33. The molecule has 3 aromatic carbocycles. The van der Waals surface area contributed by atoms with E-state index in [1.807, 2.05) is 0 Å². The lowest BCUT2D eigenvalue weighted by molar-refractivity contribution is 1.34. The molecule has 0 fully saturated rings. The van der Waals surface area contributed by atoms with Gasteiger partial charge in [0.05, 0.1) is 0 Å². The second kappa shape index (κ2) is 8.72. The lowest BCUT2D eigenvalue weighted by atomic mass is 10.1. The van der Waals surface area contributed by atoms with Crippen molar-refractivity contribution >= 4 is 71.6 Å². The van der Waals surface area contributed by atoms with E-state index in [0.717, 1.165) is 0 Å². The highest BCUT2D eigenvalue weighted by atomic mass is 79.9. The largest absolute Gasteiger partial charge is 0.0501 e. The molecule has 0 spiro atoms. The van der Waals surface area contributed by atoms with E-state index in [1.165, 1.54) is 62.7 Å². The predicted octanol–water partition coefficient (Wildman–Crippen LogP) is 7.58. The zero-order chi connectivity index (χ0) is 20.7. The van der Waals surface area contributed by atoms with Crippen LogP contribution in [0.4, 0.5) is 0 Å². The maximum atomic E-state index is 3.88. The minimum absolute atomic E-state index is 0.735. The molecule has 0 amide bonds. The van der Waals surface area contributed by atoms with E-state index in [1.54, 1.807) is 0 Å². The third-order valence-electron chi connectivity index (χ3n) is 5.41. The van der Waals surface area contributed by atoms with Crippen LogP contribution >= 0.6 is 55.7 Å². The summed E-state index contributed by atoms with van der Waals surface area (Å²) < 4.78 is 3.53. The zero-order valence-corrected chi connectivity index (χ0v) is 22.7. The third-order valence-corrected chi connectivity index (χ3v) is 10.9. The van der Waals surface area contributed by atoms with E-state index in [0.29, 0.717) is 0 Å². The molecule has 3 aromatic rings. The molecule has 3 rings (SSSR count). The molecule has 0 radical (unpaired) electrons. The molecule has 0 aliphatic rings. The van der Waals surface area contributed by atoms with Crippen LogP contribution < -0.4 is 15.9 Å². The summed E-state index contributed by atoms with van der Waals surface area (Å²) in [7, 11) is -0.735. The highest BCUT2D eigenvalue weighted by Crippen LogP contribution is 2.42. The van der Waals surface area contributed by atoms with Gasteiger partial charge in [-0.2, -0.15) is 0 Å². The van der Waals surface area contributed by atoms with Crippen LogP contribution in [-0.4, -0.2) is 0 Å². The molecule has 4 heteroatoms. The molecule has 0 aromatic heterocycles. The van der Waals surface area contributed by atoms with Gasteiger partial charge in [-0.25, -0.2) is 0 Å². The van der Waals surface area contributed by atoms with Crippen LogP contribution in [0, 0.1) is 41.5 Å². The molecular formula is C24H24Br3P. The summed E-state index contributed by atoms with van der Waals surface area (Å²) in [6, 6.07) is 13.8. The van der Waals surface area contributed by atoms with Crippen molar-refractivity contribution in [2.75, 3.05) is 0 Å². The Morgan fingerprint density at radius 3 is 0.893 bits per heavy atom. The van der Waals surface area contributed by atoms with Gasteiger partial charge in [0.25, 0.3) is 0 Å². The van der Waals surface area contributed by atoms with Crippen LogP contribution in [-0.2, 0) is 0 Å². The fourth-order valence-corrected chi connectivity index (χ4v) is 8.75. The van der Waals surface area contributed by atoms with Crippen molar-refractivity contribution in [3.63, 3.8) is 0 Å². The fraction of sp³-hybridized carbons (Fsp3) is 0.250. The zero-order valence-electron chi connectivity index (χ0n) is 17.0. The second-order valence-electron chi connectivity index (χ2n) is 7.50. The maximum absolute atomic E-state index is 3.88. The lowest BCUT2D eigenvalue weighted by Gasteiger charge is -2.25. The summed E-state index contributed by atoms with van der Waals surface area (Å²) in [4.78, 5) is 0. The molecule has 0 N–H and O–H groups in total. The topological polar surface area (TPSA) is 0 Å². The highest BCUT2D eigenvalue weighted by Gasteiger charge is 2.25. The monoisotopic (exact) mass is 580 g/mol. The first-order valence-corrected chi connectivity index (χ1v) is 12.9. The molecule has 0 saturated carbocycles. The van der Waals surface area contributed by atoms with E-state index in [9.17, 15) is 0 Å². The number of halogens is 3. The minimum Gasteiger partial charge on any atom is -0.0501 e. The van der Waals surface area contributed by atoms with Gasteiger partial charge in [-0.15, -0.1) is 0 Å². The Balaban J connectivity index is 2.38. The SMILES string of the molecule is Cc1cc(Br)c(P(c2cc(C)c(C)cc2Br)c2cc(C)c(C)cc2Br)cc1C. The number of rotatable bonds is 3. The Bertz CT molecular complexity index is 933. The normalized spacial score (nSPS) is 11.4. The van der Waals surface area contributed by atoms with Gasteiger partial charge in [-0.1, -0.05) is 47.8 Å². The molecular weight excluding hydrogens is 559 g/mol. The number of aryl methyl sites for hydroxylation is 6. The Morgan fingerprint density at radius 1 is 0.429 bits per heavy atom. The van der Waals surface area contributed by atoms with Gasteiger partial charge >= 0.3 is 0 Å². The maximum Gasteiger partial charge on any atom is 0.0261 e. The van der Waals surface area contributed by atoms with E-state index in [4.69, 9.17) is 0 Å². The Morgan fingerprint density at radius 2 is 0.643 bits per heavy atom. The second-order valence-corrected chi connectivity index (χ2v) is 12.2. The molecule has 0 aliphatic heterocycles. The summed E-state index contributed by atoms with van der Waals surface area (Å²) in [5.41, 5.74) is 7.90. The standard InChI is InChI=1S/C24H24Br3P/c1-13-7-19(25)22(10-16(13)4)28(23-11-17(5)14(2)8-20(23)26)24-12-18(6)15(3)9-21(24)27/h7-12H,1-6H3. The smallest absolute Gasteiger partial charge is 0.0261 e. The van der Waals surface area contributed by atoms with Crippen LogP contribution in [0.1, 0.15) is 33.4 Å². The summed E-state index contributed by atoms with van der Waals surface area (Å²) >= 11 is 11.6. The summed E-state index contributed by atoms with van der Waals surface area (Å²) in [5.74, 6) is 0. The molecule has 0 bridgehead atoms. The predicted molar refractivity (Wildman–Crippen MR) is 137 cm³/mol. The van der Waals surface area contributed by atoms with Crippen LogP contribution in [0.25, 0.3) is 0 Å². The van der Waals surface area contributed by atoms with E-state index in [2.05, 4.69) is 126 Å². The minimum atomic E-state index is -0.735. The lowest BCUT2D eigenvalue weighted by Crippen LogP contribution is -2.25. The van der Waals surface area contributed by atoms with Crippen molar-refractivity contribution in [3.8, 4) is 0 Å². The molecule has 0 aliphatic carbocycles. The Hall–Kier alpha value is -0.470. The van der Waals surface area contributed by atoms with Gasteiger partial charge in [0.2, 0.25) is 0 Å². The van der Waals surface area contributed by atoms with Gasteiger partial charge in [0.15, 0.2) is 0 Å². The van der Waals surface area contributed by atoms with Gasteiger partial charge < -0.3 is 0 Å². The first-order chi connectivity index (χ1) is 13.1. The molecule has 0 saturated heterocycles. The van der Waals surface area contributed by atoms with Crippen LogP contribution in [0.3, 0.4) is 0 Å². The van der Waals surface area contributed by atoms with Crippen molar-refractivity contribution in [3.05, 3.63) is 83.2 Å². The van der Waals surface area contributed by atoms with E-state index in [-0.39, 0.29) is 0 Å². The van der Waals surface area contributed by atoms with Gasteiger partial charge in [-0.3, -0.25) is 0 Å². The fourth-order valence-electron chi connectivity index (χ4n) is 3.20. The van der Waals surface area contributed by atoms with Crippen LogP contribution in [0.2, 0.25) is 0 Å². The molecule has 0 nitrogen and oxygen atoms in total. The quantitative estimate of drug-likeness (QED) is 0.279. The van der Waals surface area contributed by atoms with Gasteiger partial charge in [0.1, 0.15) is 0 Å². The van der Waals surface area contributed by atoms with E-state index >= 15 is 0 Å². The van der Waals surface area contributed by atoms with Crippen molar-refractivity contribution in [2.45, 2.75) is 41.5 Å². The highest BCUT2D eigenvalue weighted by molar-refractivity contribution is 9.11. The van der Waals surface area contributed by atoms with Crippen LogP contribution in [0.5, 0.6) is 0 Å². The average Bonchev–Trinajstić information content (AvgIpc) is 2.61. The first kappa shape index (κ1) is 22.2. The van der Waals surface area contributed by atoms with Crippen molar-refractivity contribution in [2.24, 2.45) is 0 Å². The van der Waals surface area contributed by atoms with E-state index < -0.39 is 7.92 Å². The Labute approximate surface area is 195 Å². The summed E-state index contributed by atoms with van der Waals surface area (Å²) in [6.07, 6.45) is 0. The first-order valence-electron chi connectivity index (χ1n) is 9.20. The van der Waals surface area contributed by atoms with Gasteiger partial charge in [0, 0.05) is 13.4 Å². The summed E-state index contributed by atoms with van der Waals surface area (Å²) in [5, 5.41) is 4.06. The molecule has 0 unspecified atom stereocenters. The van der Waals surface area contributed by atoms with Crippen molar-refractivity contribution < 1.29 is 0 Å². The summed E-state index contributed by atoms with van der Waals surface area (Å²) in [6.45, 7) is 13.1. The molecule has 0 heterocycles. The average molecular weight is 583 g/mol.